The number of H-pyrrole nitrogens is 2. The maximum Gasteiger partial charge on any atom is 0.340 e. The van der Waals surface area contributed by atoms with Gasteiger partial charge in [-0.25, -0.2) is 9.89 Å². The van der Waals surface area contributed by atoms with E-state index < -0.39 is 0 Å². The maximum absolute atomic E-state index is 10.7. The Bertz CT molecular complexity index is 487. The molecule has 0 unspecified atom stereocenters. The molecule has 2 rings (SSSR count). The van der Waals surface area contributed by atoms with Crippen molar-refractivity contribution in [2.24, 2.45) is 0 Å². The highest BCUT2D eigenvalue weighted by atomic mass is 16.3. The minimum Gasteiger partial charge on any atom is -0.508 e. The average Bonchev–Trinajstić information content (AvgIpc) is 2.51. The molecule has 0 spiro atoms. The smallest absolute Gasteiger partial charge is 0.340 e. The molecule has 0 saturated carbocycles. The van der Waals surface area contributed by atoms with Crippen LogP contribution in [0.5, 0.6) is 5.75 Å². The van der Waals surface area contributed by atoms with Crippen molar-refractivity contribution in [1.29, 1.82) is 0 Å². The van der Waals surface area contributed by atoms with Gasteiger partial charge in [-0.3, -0.25) is 4.98 Å². The number of aromatic amines is 2. The topological polar surface area (TPSA) is 81.8 Å². The van der Waals surface area contributed by atoms with Crippen molar-refractivity contribution in [3.63, 3.8) is 0 Å². The van der Waals surface area contributed by atoms with Crippen LogP contribution in [0.15, 0.2) is 29.1 Å². The monoisotopic (exact) mass is 191 g/mol. The molecule has 0 aliphatic carbocycles. The van der Waals surface area contributed by atoms with E-state index in [-0.39, 0.29) is 11.4 Å². The van der Waals surface area contributed by atoms with E-state index in [1.165, 1.54) is 0 Å². The number of hydrogen-bond acceptors (Lipinski definition) is 3. The van der Waals surface area contributed by atoms with E-state index in [4.69, 9.17) is 0 Å². The summed E-state index contributed by atoms with van der Waals surface area (Å²) >= 11 is 0. The van der Waals surface area contributed by atoms with Gasteiger partial charge in [0.15, 0.2) is 0 Å². The van der Waals surface area contributed by atoms with Gasteiger partial charge in [-0.05, 0) is 17.7 Å². The van der Waals surface area contributed by atoms with Crippen LogP contribution in [0, 0.1) is 0 Å². The first-order chi connectivity index (χ1) is 6.74. The van der Waals surface area contributed by atoms with Gasteiger partial charge in [0.2, 0.25) is 0 Å². The summed E-state index contributed by atoms with van der Waals surface area (Å²) in [5.74, 6) is 0.765. The van der Waals surface area contributed by atoms with E-state index in [0.29, 0.717) is 12.2 Å². The fourth-order valence-corrected chi connectivity index (χ4v) is 1.25. The number of hydrogen-bond donors (Lipinski definition) is 3. The zero-order chi connectivity index (χ0) is 9.97. The van der Waals surface area contributed by atoms with E-state index >= 15 is 0 Å². The number of aromatic nitrogens is 3. The fourth-order valence-electron chi connectivity index (χ4n) is 1.25. The summed E-state index contributed by atoms with van der Waals surface area (Å²) in [6, 6.07) is 6.83. The van der Waals surface area contributed by atoms with Crippen LogP contribution in [0.1, 0.15) is 11.4 Å². The molecule has 0 bridgehead atoms. The van der Waals surface area contributed by atoms with Gasteiger partial charge in [0, 0.05) is 6.42 Å². The van der Waals surface area contributed by atoms with Crippen LogP contribution in [0.3, 0.4) is 0 Å². The second kappa shape index (κ2) is 3.37. The van der Waals surface area contributed by atoms with E-state index in [9.17, 15) is 9.90 Å². The molecular weight excluding hydrogens is 182 g/mol. The zero-order valence-electron chi connectivity index (χ0n) is 7.32. The highest BCUT2D eigenvalue weighted by Gasteiger charge is 2.00. The largest absolute Gasteiger partial charge is 0.508 e. The quantitative estimate of drug-likeness (QED) is 0.642. The van der Waals surface area contributed by atoms with Gasteiger partial charge in [0.1, 0.15) is 11.6 Å². The second-order valence-electron chi connectivity index (χ2n) is 2.97. The first-order valence-electron chi connectivity index (χ1n) is 4.15. The molecule has 0 aliphatic heterocycles. The molecule has 0 amide bonds. The second-order valence-corrected chi connectivity index (χ2v) is 2.97. The third-order valence-electron chi connectivity index (χ3n) is 1.83. The number of nitrogens with one attached hydrogen (secondary N) is 2. The van der Waals surface area contributed by atoms with E-state index in [1.54, 1.807) is 18.2 Å². The summed E-state index contributed by atoms with van der Waals surface area (Å²) in [7, 11) is 0. The van der Waals surface area contributed by atoms with Crippen molar-refractivity contribution in [1.82, 2.24) is 15.2 Å². The van der Waals surface area contributed by atoms with Gasteiger partial charge in [0.25, 0.3) is 0 Å². The van der Waals surface area contributed by atoms with Gasteiger partial charge in [-0.15, -0.1) is 0 Å². The number of nitrogens with zero attached hydrogens (tertiary/aromatic N) is 1. The molecule has 0 saturated heterocycles. The van der Waals surface area contributed by atoms with Gasteiger partial charge >= 0.3 is 5.69 Å². The van der Waals surface area contributed by atoms with Gasteiger partial charge in [-0.1, -0.05) is 12.1 Å². The first-order valence-corrected chi connectivity index (χ1v) is 4.15. The standard InChI is InChI=1S/C9H9N3O2/c13-7-3-1-2-6(4-7)5-8-10-9(14)12-11-8/h1-4,13H,5H2,(H2,10,11,12,14). The van der Waals surface area contributed by atoms with Crippen molar-refractivity contribution < 1.29 is 5.11 Å². The zero-order valence-corrected chi connectivity index (χ0v) is 7.32. The van der Waals surface area contributed by atoms with Crippen molar-refractivity contribution in [2.45, 2.75) is 6.42 Å². The van der Waals surface area contributed by atoms with E-state index in [2.05, 4.69) is 15.2 Å². The molecule has 14 heavy (non-hydrogen) atoms. The minimum absolute atomic E-state index is 0.209. The lowest BCUT2D eigenvalue weighted by Crippen LogP contribution is -2.01. The lowest BCUT2D eigenvalue weighted by Gasteiger charge is -1.97. The van der Waals surface area contributed by atoms with Gasteiger partial charge < -0.3 is 5.11 Å². The molecule has 0 fully saturated rings. The summed E-state index contributed by atoms with van der Waals surface area (Å²) < 4.78 is 0. The van der Waals surface area contributed by atoms with Crippen LogP contribution < -0.4 is 5.69 Å². The summed E-state index contributed by atoms with van der Waals surface area (Å²) in [5, 5.41) is 15.2. The summed E-state index contributed by atoms with van der Waals surface area (Å²) in [5.41, 5.74) is 0.577. The minimum atomic E-state index is -0.319. The molecule has 0 aliphatic rings. The van der Waals surface area contributed by atoms with E-state index in [0.717, 1.165) is 5.56 Å². The molecule has 0 atom stereocenters. The third kappa shape index (κ3) is 1.82. The molecule has 2 aromatic rings. The average molecular weight is 191 g/mol. The van der Waals surface area contributed by atoms with Gasteiger partial charge in [0.05, 0.1) is 0 Å². The Morgan fingerprint density at radius 2 is 2.29 bits per heavy atom. The van der Waals surface area contributed by atoms with Crippen LogP contribution in [-0.4, -0.2) is 20.3 Å². The highest BCUT2D eigenvalue weighted by molar-refractivity contribution is 5.28. The molecule has 1 aromatic heterocycles. The van der Waals surface area contributed by atoms with E-state index in [1.807, 2.05) is 6.07 Å². The van der Waals surface area contributed by atoms with Crippen molar-refractivity contribution >= 4 is 0 Å². The molecule has 72 valence electrons. The summed E-state index contributed by atoms with van der Waals surface area (Å²) in [6.07, 6.45) is 0.493. The van der Waals surface area contributed by atoms with Gasteiger partial charge in [-0.2, -0.15) is 5.10 Å². The molecular formula is C9H9N3O2. The molecule has 5 nitrogen and oxygen atoms in total. The third-order valence-corrected chi connectivity index (χ3v) is 1.83. The van der Waals surface area contributed by atoms with Crippen LogP contribution in [0.2, 0.25) is 0 Å². The first kappa shape index (κ1) is 8.55. The Kier molecular flexibility index (Phi) is 2.06. The Hall–Kier alpha value is -2.04. The fraction of sp³-hybridized carbons (Fsp3) is 0.111. The van der Waals surface area contributed by atoms with Crippen LogP contribution in [0.4, 0.5) is 0 Å². The molecule has 1 aromatic carbocycles. The number of benzene rings is 1. The predicted octanol–water partition coefficient (Wildman–Crippen LogP) is 0.394. The van der Waals surface area contributed by atoms with Crippen LogP contribution in [-0.2, 0) is 6.42 Å². The number of phenols is 1. The predicted molar refractivity (Wildman–Crippen MR) is 50.1 cm³/mol. The van der Waals surface area contributed by atoms with Crippen LogP contribution >= 0.6 is 0 Å². The van der Waals surface area contributed by atoms with Crippen molar-refractivity contribution in [2.75, 3.05) is 0 Å². The Morgan fingerprint density at radius 1 is 1.43 bits per heavy atom. The van der Waals surface area contributed by atoms with Crippen LogP contribution in [0.25, 0.3) is 0 Å². The SMILES string of the molecule is O=c1[nH]nc(Cc2cccc(O)c2)[nH]1. The lowest BCUT2D eigenvalue weighted by atomic mass is 10.1. The molecule has 1 heterocycles. The molecule has 0 radical (unpaired) electrons. The number of rotatable bonds is 2. The summed E-state index contributed by atoms with van der Waals surface area (Å²) in [6.45, 7) is 0. The number of aromatic hydroxyl groups is 1. The Morgan fingerprint density at radius 3 is 2.93 bits per heavy atom. The Labute approximate surface area is 79.4 Å². The lowest BCUT2D eigenvalue weighted by molar-refractivity contribution is 0.474. The highest BCUT2D eigenvalue weighted by Crippen LogP contribution is 2.12. The van der Waals surface area contributed by atoms with Crippen molar-refractivity contribution in [3.8, 4) is 5.75 Å². The molecule has 3 N–H and O–H groups in total. The summed E-state index contributed by atoms with van der Waals surface area (Å²) in [4.78, 5) is 13.3. The Balaban J connectivity index is 2.22. The maximum atomic E-state index is 10.7. The van der Waals surface area contributed by atoms with Crippen molar-refractivity contribution in [3.05, 3.63) is 46.1 Å². The molecule has 5 heteroatoms. The number of phenolic OH excluding ortho intramolecular Hbond substituents is 1. The normalized spacial score (nSPS) is 10.3.